The van der Waals surface area contributed by atoms with Crippen molar-refractivity contribution in [2.45, 2.75) is 26.3 Å². The standard InChI is InChI=1S/C14H20N2O2/c1-11-6-14(18-2)7-13(15-11)9-16-5-3-4-12(8-16)10-17/h6-7,10,12H,3-5,8-9H2,1-2H3. The lowest BCUT2D eigenvalue weighted by Gasteiger charge is -2.29. The fourth-order valence-electron chi connectivity index (χ4n) is 2.48. The number of pyridine rings is 1. The summed E-state index contributed by atoms with van der Waals surface area (Å²) in [6, 6.07) is 3.89. The highest BCUT2D eigenvalue weighted by atomic mass is 16.5. The average Bonchev–Trinajstić information content (AvgIpc) is 2.38. The number of aryl methyl sites for hydroxylation is 1. The number of aromatic nitrogens is 1. The fraction of sp³-hybridized carbons (Fsp3) is 0.571. The molecule has 2 rings (SSSR count). The lowest BCUT2D eigenvalue weighted by molar-refractivity contribution is -0.112. The third-order valence-corrected chi connectivity index (χ3v) is 3.34. The zero-order valence-corrected chi connectivity index (χ0v) is 11.1. The van der Waals surface area contributed by atoms with Crippen molar-refractivity contribution in [3.8, 4) is 5.75 Å². The number of rotatable bonds is 4. The van der Waals surface area contributed by atoms with Gasteiger partial charge in [-0.3, -0.25) is 9.88 Å². The molecule has 1 atom stereocenters. The highest BCUT2D eigenvalue weighted by molar-refractivity contribution is 5.53. The van der Waals surface area contributed by atoms with Gasteiger partial charge in [-0.05, 0) is 26.3 Å². The maximum Gasteiger partial charge on any atom is 0.124 e. The monoisotopic (exact) mass is 248 g/mol. The normalized spacial score (nSPS) is 20.7. The average molecular weight is 248 g/mol. The molecule has 1 aromatic rings. The van der Waals surface area contributed by atoms with Gasteiger partial charge in [-0.15, -0.1) is 0 Å². The van der Waals surface area contributed by atoms with E-state index in [-0.39, 0.29) is 5.92 Å². The zero-order chi connectivity index (χ0) is 13.0. The molecule has 4 heteroatoms. The molecule has 0 saturated carbocycles. The van der Waals surface area contributed by atoms with Crippen LogP contribution in [-0.2, 0) is 11.3 Å². The Morgan fingerprint density at radius 3 is 3.11 bits per heavy atom. The van der Waals surface area contributed by atoms with E-state index in [4.69, 9.17) is 4.74 Å². The van der Waals surface area contributed by atoms with E-state index in [2.05, 4.69) is 9.88 Å². The molecule has 1 fully saturated rings. The molecule has 1 unspecified atom stereocenters. The van der Waals surface area contributed by atoms with Crippen LogP contribution < -0.4 is 4.74 Å². The molecule has 0 spiro atoms. The molecule has 0 aliphatic carbocycles. The van der Waals surface area contributed by atoms with Gasteiger partial charge in [0.05, 0.1) is 12.8 Å². The number of ether oxygens (including phenoxy) is 1. The van der Waals surface area contributed by atoms with Crippen LogP contribution in [0.25, 0.3) is 0 Å². The van der Waals surface area contributed by atoms with Gasteiger partial charge in [0.25, 0.3) is 0 Å². The Kier molecular flexibility index (Phi) is 4.31. The van der Waals surface area contributed by atoms with E-state index in [9.17, 15) is 4.79 Å². The molecule has 1 aliphatic heterocycles. The van der Waals surface area contributed by atoms with Crippen LogP contribution in [0.5, 0.6) is 5.75 Å². The van der Waals surface area contributed by atoms with Gasteiger partial charge in [0.15, 0.2) is 0 Å². The van der Waals surface area contributed by atoms with Crippen molar-refractivity contribution < 1.29 is 9.53 Å². The van der Waals surface area contributed by atoms with Gasteiger partial charge in [0, 0.05) is 36.8 Å². The summed E-state index contributed by atoms with van der Waals surface area (Å²) in [6.45, 7) is 4.66. The van der Waals surface area contributed by atoms with Gasteiger partial charge in [-0.1, -0.05) is 0 Å². The maximum absolute atomic E-state index is 10.9. The number of methoxy groups -OCH3 is 1. The second-order valence-corrected chi connectivity index (χ2v) is 4.91. The number of carbonyl (C=O) groups excluding carboxylic acids is 1. The molecule has 0 radical (unpaired) electrons. The number of hydrogen-bond acceptors (Lipinski definition) is 4. The molecule has 1 saturated heterocycles. The first-order valence-electron chi connectivity index (χ1n) is 6.40. The van der Waals surface area contributed by atoms with Gasteiger partial charge in [-0.25, -0.2) is 0 Å². The summed E-state index contributed by atoms with van der Waals surface area (Å²) in [5, 5.41) is 0. The minimum absolute atomic E-state index is 0.186. The highest BCUT2D eigenvalue weighted by Gasteiger charge is 2.19. The molecule has 18 heavy (non-hydrogen) atoms. The quantitative estimate of drug-likeness (QED) is 0.762. The summed E-state index contributed by atoms with van der Waals surface area (Å²) in [6.07, 6.45) is 3.19. The molecule has 2 heterocycles. The Hall–Kier alpha value is -1.42. The number of aldehydes is 1. The van der Waals surface area contributed by atoms with Crippen LogP contribution in [0.3, 0.4) is 0 Å². The fourth-order valence-corrected chi connectivity index (χ4v) is 2.48. The van der Waals surface area contributed by atoms with Crippen molar-refractivity contribution in [3.63, 3.8) is 0 Å². The largest absolute Gasteiger partial charge is 0.497 e. The van der Waals surface area contributed by atoms with E-state index in [1.54, 1.807) is 7.11 Å². The number of piperidine rings is 1. The van der Waals surface area contributed by atoms with Crippen molar-refractivity contribution in [2.24, 2.45) is 5.92 Å². The first-order chi connectivity index (χ1) is 8.71. The van der Waals surface area contributed by atoms with Gasteiger partial charge in [-0.2, -0.15) is 0 Å². The Labute approximate surface area is 108 Å². The number of likely N-dealkylation sites (tertiary alicyclic amines) is 1. The molecule has 0 amide bonds. The lowest BCUT2D eigenvalue weighted by atomic mass is 9.99. The maximum atomic E-state index is 10.9. The number of nitrogens with zero attached hydrogens (tertiary/aromatic N) is 2. The van der Waals surface area contributed by atoms with Crippen LogP contribution in [0, 0.1) is 12.8 Å². The third-order valence-electron chi connectivity index (χ3n) is 3.34. The van der Waals surface area contributed by atoms with Crippen LogP contribution in [0.1, 0.15) is 24.2 Å². The van der Waals surface area contributed by atoms with Gasteiger partial charge >= 0.3 is 0 Å². The topological polar surface area (TPSA) is 42.4 Å². The first-order valence-corrected chi connectivity index (χ1v) is 6.40. The summed E-state index contributed by atoms with van der Waals surface area (Å²) in [5.41, 5.74) is 1.98. The van der Waals surface area contributed by atoms with Crippen molar-refractivity contribution in [3.05, 3.63) is 23.5 Å². The summed E-state index contributed by atoms with van der Waals surface area (Å²) in [7, 11) is 1.67. The summed E-state index contributed by atoms with van der Waals surface area (Å²) in [4.78, 5) is 17.7. The summed E-state index contributed by atoms with van der Waals surface area (Å²) >= 11 is 0. The predicted octanol–water partition coefficient (Wildman–Crippen LogP) is 1.81. The van der Waals surface area contributed by atoms with Crippen molar-refractivity contribution in [1.82, 2.24) is 9.88 Å². The highest BCUT2D eigenvalue weighted by Crippen LogP contribution is 2.19. The molecule has 0 N–H and O–H groups in total. The molecule has 0 bridgehead atoms. The molecule has 4 nitrogen and oxygen atoms in total. The molecular weight excluding hydrogens is 228 g/mol. The second kappa shape index (κ2) is 5.96. The van der Waals surface area contributed by atoms with E-state index in [1.807, 2.05) is 19.1 Å². The van der Waals surface area contributed by atoms with E-state index in [0.29, 0.717) is 0 Å². The number of carbonyl (C=O) groups is 1. The van der Waals surface area contributed by atoms with Gasteiger partial charge in [0.2, 0.25) is 0 Å². The summed E-state index contributed by atoms with van der Waals surface area (Å²) in [5.74, 6) is 1.03. The van der Waals surface area contributed by atoms with E-state index < -0.39 is 0 Å². The Morgan fingerprint density at radius 2 is 2.39 bits per heavy atom. The predicted molar refractivity (Wildman–Crippen MR) is 69.6 cm³/mol. The van der Waals surface area contributed by atoms with Crippen LogP contribution in [0.4, 0.5) is 0 Å². The van der Waals surface area contributed by atoms with Crippen LogP contribution in [0.2, 0.25) is 0 Å². The van der Waals surface area contributed by atoms with Crippen molar-refractivity contribution in [2.75, 3.05) is 20.2 Å². The van der Waals surface area contributed by atoms with Crippen LogP contribution in [-0.4, -0.2) is 36.4 Å². The van der Waals surface area contributed by atoms with E-state index in [0.717, 1.165) is 55.9 Å². The number of hydrogen-bond donors (Lipinski definition) is 0. The summed E-state index contributed by atoms with van der Waals surface area (Å²) < 4.78 is 5.25. The smallest absolute Gasteiger partial charge is 0.124 e. The molecular formula is C14H20N2O2. The van der Waals surface area contributed by atoms with Crippen molar-refractivity contribution in [1.29, 1.82) is 0 Å². The first kappa shape index (κ1) is 13.0. The van der Waals surface area contributed by atoms with E-state index in [1.165, 1.54) is 0 Å². The Morgan fingerprint density at radius 1 is 1.56 bits per heavy atom. The Bertz CT molecular complexity index is 420. The minimum Gasteiger partial charge on any atom is -0.497 e. The van der Waals surface area contributed by atoms with Crippen LogP contribution >= 0.6 is 0 Å². The van der Waals surface area contributed by atoms with Gasteiger partial charge < -0.3 is 9.53 Å². The molecule has 1 aromatic heterocycles. The SMILES string of the molecule is COc1cc(C)nc(CN2CCCC(C=O)C2)c1. The Balaban J connectivity index is 2.04. The molecule has 0 aromatic carbocycles. The third kappa shape index (κ3) is 3.29. The van der Waals surface area contributed by atoms with Crippen molar-refractivity contribution >= 4 is 6.29 Å². The van der Waals surface area contributed by atoms with Crippen LogP contribution in [0.15, 0.2) is 12.1 Å². The molecule has 1 aliphatic rings. The minimum atomic E-state index is 0.186. The second-order valence-electron chi connectivity index (χ2n) is 4.91. The van der Waals surface area contributed by atoms with Gasteiger partial charge in [0.1, 0.15) is 12.0 Å². The van der Waals surface area contributed by atoms with E-state index >= 15 is 0 Å². The lowest BCUT2D eigenvalue weighted by Crippen LogP contribution is -2.35. The zero-order valence-electron chi connectivity index (χ0n) is 11.1. The molecule has 98 valence electrons.